The van der Waals surface area contributed by atoms with Gasteiger partial charge in [0.1, 0.15) is 0 Å². The zero-order valence-corrected chi connectivity index (χ0v) is 85.4. The van der Waals surface area contributed by atoms with E-state index in [9.17, 15) is 97.2 Å². The molecule has 0 heterocycles. The van der Waals surface area contributed by atoms with Crippen LogP contribution in [0.2, 0.25) is 0 Å². The SMILES string of the molecule is CCCCCCCCCCCCCCCCCCCCCC(=O)O.CCCCCCCCCCCCOC(=O)C(CC(=O)[O-])S(=O)(=O)O.CCCCCCCCCCCCOC(=O)C(CC(=O)[O-])S(=O)(=O)O.CCCCCCCCCCCCOC(=O)C(CC(=O)[O-])S(=O)(=O)O.CCCCCCCCCCCCOC(=O)C(CC(=O)[O-])S(=O)(=O)O.[Mg+2].[Na+].[Na+]. The molecule has 0 aliphatic carbocycles. The van der Waals surface area contributed by atoms with Crippen molar-refractivity contribution in [1.82, 2.24) is 0 Å². The molecule has 712 valence electrons. The van der Waals surface area contributed by atoms with Crippen LogP contribution in [0.3, 0.4) is 0 Å². The van der Waals surface area contributed by atoms with Gasteiger partial charge in [-0.05, 0) is 32.1 Å². The summed E-state index contributed by atoms with van der Waals surface area (Å²) in [7, 11) is -19.3. The second kappa shape index (κ2) is 95.7. The number of aliphatic carboxylic acids is 5. The second-order valence-electron chi connectivity index (χ2n) is 31.2. The van der Waals surface area contributed by atoms with Gasteiger partial charge < -0.3 is 63.7 Å². The van der Waals surface area contributed by atoms with Gasteiger partial charge in [-0.15, -0.1) is 0 Å². The van der Waals surface area contributed by atoms with E-state index in [1.54, 1.807) is 0 Å². The first-order chi connectivity index (χ1) is 56.9. The zero-order chi connectivity index (χ0) is 91.4. The van der Waals surface area contributed by atoms with E-state index in [4.69, 9.17) is 42.3 Å². The summed E-state index contributed by atoms with van der Waals surface area (Å²) in [5, 5.41) is 41.8. The molecule has 30 nitrogen and oxygen atoms in total. The average Bonchev–Trinajstić information content (AvgIpc) is 0.879. The molecule has 123 heavy (non-hydrogen) atoms. The Labute approximate surface area is 801 Å². The summed E-state index contributed by atoms with van der Waals surface area (Å²) in [6.07, 6.45) is 65.7. The molecule has 4 atom stereocenters. The van der Waals surface area contributed by atoms with Gasteiger partial charge in [-0.2, -0.15) is 33.7 Å². The Hall–Kier alpha value is -2.36. The number of unbranched alkanes of at least 4 members (excludes halogenated alkanes) is 54. The minimum atomic E-state index is -4.82. The van der Waals surface area contributed by atoms with Crippen LogP contribution >= 0.6 is 0 Å². The molecule has 0 aliphatic heterocycles. The number of carboxylic acids is 5. The molecule has 0 radical (unpaired) electrons. The van der Waals surface area contributed by atoms with Crippen molar-refractivity contribution in [2.24, 2.45) is 0 Å². The Morgan fingerprint density at radius 2 is 0.341 bits per heavy atom. The van der Waals surface area contributed by atoms with Crippen molar-refractivity contribution in [2.75, 3.05) is 26.4 Å². The number of hydrogen-bond acceptors (Lipinski definition) is 25. The molecule has 0 aromatic heterocycles. The minimum Gasteiger partial charge on any atom is -0.550 e. The molecule has 0 bridgehead atoms. The molecule has 0 aromatic carbocycles. The second-order valence-corrected chi connectivity index (χ2v) is 37.6. The molecule has 0 saturated heterocycles. The predicted molar refractivity (Wildman–Crippen MR) is 462 cm³/mol. The van der Waals surface area contributed by atoms with Crippen molar-refractivity contribution < 1.29 is 199 Å². The first-order valence-electron chi connectivity index (χ1n) is 45.4. The van der Waals surface area contributed by atoms with Crippen LogP contribution in [-0.2, 0) is 103 Å². The maximum Gasteiger partial charge on any atom is 2.00 e. The molecule has 0 spiro atoms. The summed E-state index contributed by atoms with van der Waals surface area (Å²) >= 11 is 0. The Kier molecular flexibility index (Phi) is 106. The number of carbonyl (C=O) groups is 9. The summed E-state index contributed by atoms with van der Waals surface area (Å²) in [5.74, 6) is -12.6. The predicted octanol–water partition coefficient (Wildman–Crippen LogP) is 8.91. The quantitative estimate of drug-likeness (QED) is 0.0125. The topological polar surface area (TPSA) is 520 Å². The van der Waals surface area contributed by atoms with Gasteiger partial charge in [0, 0.05) is 56.0 Å². The van der Waals surface area contributed by atoms with Gasteiger partial charge in [-0.25, -0.2) is 0 Å². The van der Waals surface area contributed by atoms with Crippen molar-refractivity contribution >= 4 is 117 Å². The first-order valence-corrected chi connectivity index (χ1v) is 51.5. The van der Waals surface area contributed by atoms with E-state index in [-0.39, 0.29) is 109 Å². The van der Waals surface area contributed by atoms with Gasteiger partial charge in [0.05, 0.1) is 26.4 Å². The largest absolute Gasteiger partial charge is 2.00 e. The van der Waals surface area contributed by atoms with E-state index in [1.165, 1.54) is 263 Å². The molecule has 0 aromatic rings. The van der Waals surface area contributed by atoms with E-state index in [0.29, 0.717) is 32.1 Å². The maximum atomic E-state index is 11.5. The van der Waals surface area contributed by atoms with Gasteiger partial charge in [0.2, 0.25) is 0 Å². The monoisotopic (exact) mass is 1870 g/mol. The third-order valence-corrected chi connectivity index (χ3v) is 24.2. The molecule has 0 saturated carbocycles. The standard InChI is InChI=1S/C22H44O2.4C16H30O7S.Mg.2Na/c1-2-3-4-5-6-7-8-9-10-11-12-13-14-15-16-17-18-19-20-21-22(23)24;4*1-2-3-4-5-6-7-8-9-10-11-12-23-16(19)14(13-15(17)18)24(20,21)22;;;/h2-21H2,1H3,(H,23,24);4*14H,2-13H2,1H3,(H,17,18)(H,20,21,22);;;/q;;;;;+2;2*+1/p-4. The van der Waals surface area contributed by atoms with E-state index < -0.39 is 141 Å². The van der Waals surface area contributed by atoms with Crippen molar-refractivity contribution in [3.05, 3.63) is 0 Å². The number of carboxylic acid groups (broad SMARTS) is 5. The van der Waals surface area contributed by atoms with Crippen LogP contribution in [0.4, 0.5) is 0 Å². The van der Waals surface area contributed by atoms with E-state index in [2.05, 4.69) is 34.6 Å². The van der Waals surface area contributed by atoms with Gasteiger partial charge in [0.15, 0.2) is 21.0 Å². The summed E-state index contributed by atoms with van der Waals surface area (Å²) in [5.41, 5.74) is 0. The molecule has 4 unspecified atom stereocenters. The van der Waals surface area contributed by atoms with Crippen molar-refractivity contribution in [3.8, 4) is 0 Å². The number of carbonyl (C=O) groups excluding carboxylic acids is 8. The number of esters is 4. The summed E-state index contributed by atoms with van der Waals surface area (Å²) in [6, 6.07) is 0. The summed E-state index contributed by atoms with van der Waals surface area (Å²) in [4.78, 5) is 98.2. The van der Waals surface area contributed by atoms with Crippen LogP contribution in [0.15, 0.2) is 0 Å². The van der Waals surface area contributed by atoms with Gasteiger partial charge in [-0.3, -0.25) is 42.2 Å². The fourth-order valence-electron chi connectivity index (χ4n) is 12.6. The first kappa shape index (κ1) is 136. The van der Waals surface area contributed by atoms with Crippen LogP contribution in [0.5, 0.6) is 0 Å². The van der Waals surface area contributed by atoms with E-state index in [1.807, 2.05) is 0 Å². The molecule has 0 amide bonds. The van der Waals surface area contributed by atoms with Crippen molar-refractivity contribution in [3.63, 3.8) is 0 Å². The maximum absolute atomic E-state index is 11.5. The molecule has 37 heteroatoms. The molecular weight excluding hydrogens is 1710 g/mol. The summed E-state index contributed by atoms with van der Waals surface area (Å²) < 4.78 is 142. The van der Waals surface area contributed by atoms with Crippen LogP contribution in [0.25, 0.3) is 0 Å². The van der Waals surface area contributed by atoms with E-state index in [0.717, 1.165) is 89.9 Å². The van der Waals surface area contributed by atoms with Crippen LogP contribution in [-0.4, -0.2) is 181 Å². The van der Waals surface area contributed by atoms with E-state index >= 15 is 0 Å². The average molecular weight is 1870 g/mol. The zero-order valence-electron chi connectivity index (χ0n) is 76.7. The van der Waals surface area contributed by atoms with Gasteiger partial charge in [0.25, 0.3) is 40.5 Å². The van der Waals surface area contributed by atoms with Crippen molar-refractivity contribution in [1.29, 1.82) is 0 Å². The molecule has 0 rings (SSSR count). The Morgan fingerprint density at radius 1 is 0.228 bits per heavy atom. The molecule has 0 aliphatic rings. The third kappa shape index (κ3) is 103. The molecular formula is C86H160MgNa2O30S4. The van der Waals surface area contributed by atoms with Crippen LogP contribution in [0.1, 0.15) is 446 Å². The van der Waals surface area contributed by atoms with Gasteiger partial charge >= 0.3 is 112 Å². The number of ether oxygens (including phenoxy) is 4. The minimum absolute atomic E-state index is 0. The van der Waals surface area contributed by atoms with Crippen LogP contribution < -0.4 is 79.5 Å². The van der Waals surface area contributed by atoms with Crippen LogP contribution in [0, 0.1) is 0 Å². The normalized spacial score (nSPS) is 12.1. The smallest absolute Gasteiger partial charge is 0.550 e. The van der Waals surface area contributed by atoms with Gasteiger partial charge in [-0.1, -0.05) is 381 Å². The number of rotatable bonds is 80. The Bertz CT molecular complexity index is 2680. The fourth-order valence-corrected chi connectivity index (χ4v) is 15.3. The Morgan fingerprint density at radius 3 is 0.447 bits per heavy atom. The summed E-state index contributed by atoms with van der Waals surface area (Å²) in [6.45, 7) is 11.1. The fraction of sp³-hybridized carbons (Fsp3) is 0.895. The molecule has 0 fully saturated rings. The number of hydrogen-bond donors (Lipinski definition) is 5. The Balaban J connectivity index is -0.000000223. The third-order valence-electron chi connectivity index (χ3n) is 19.9. The molecule has 5 N–H and O–H groups in total. The van der Waals surface area contributed by atoms with Crippen molar-refractivity contribution in [2.45, 2.75) is 467 Å².